The van der Waals surface area contributed by atoms with Crippen LogP contribution in [0.15, 0.2) is 18.2 Å². The summed E-state index contributed by atoms with van der Waals surface area (Å²) in [6.07, 6.45) is 0. The lowest BCUT2D eigenvalue weighted by molar-refractivity contribution is 0.223. The monoisotopic (exact) mass is 257 g/mol. The van der Waals surface area contributed by atoms with Gasteiger partial charge in [-0.2, -0.15) is 0 Å². The normalized spacial score (nSPS) is 19.8. The van der Waals surface area contributed by atoms with Crippen molar-refractivity contribution in [2.24, 2.45) is 5.73 Å². The van der Waals surface area contributed by atoms with Crippen molar-refractivity contribution in [1.29, 1.82) is 5.41 Å². The zero-order chi connectivity index (χ0) is 12.6. The van der Waals surface area contributed by atoms with Crippen LogP contribution in [-0.4, -0.2) is 21.9 Å². The van der Waals surface area contributed by atoms with Crippen molar-refractivity contribution in [3.63, 3.8) is 0 Å². The van der Waals surface area contributed by atoms with E-state index in [4.69, 9.17) is 11.1 Å². The number of halogens is 2. The van der Waals surface area contributed by atoms with Crippen molar-refractivity contribution in [3.05, 3.63) is 35.4 Å². The third kappa shape index (κ3) is 2.23. The second-order valence-electron chi connectivity index (χ2n) is 3.54. The molecule has 1 aliphatic heterocycles. The maximum absolute atomic E-state index is 13.1. The number of carbonyl (C=O) groups excluding carboxylic acids is 1. The minimum Gasteiger partial charge on any atom is -0.351 e. The predicted octanol–water partition coefficient (Wildman–Crippen LogP) is 2.07. The summed E-state index contributed by atoms with van der Waals surface area (Å²) < 4.78 is 26.1. The number of thioether (sulfide) groups is 1. The Morgan fingerprint density at radius 2 is 2.00 bits per heavy atom. The van der Waals surface area contributed by atoms with Crippen LogP contribution in [0.3, 0.4) is 0 Å². The summed E-state index contributed by atoms with van der Waals surface area (Å²) in [5, 5.41) is 7.52. The maximum atomic E-state index is 13.1. The van der Waals surface area contributed by atoms with Crippen molar-refractivity contribution in [2.45, 2.75) is 6.04 Å². The van der Waals surface area contributed by atoms with E-state index in [9.17, 15) is 13.6 Å². The Kier molecular flexibility index (Phi) is 3.01. The van der Waals surface area contributed by atoms with Gasteiger partial charge in [0.05, 0.1) is 6.04 Å². The van der Waals surface area contributed by atoms with E-state index in [0.717, 1.165) is 34.9 Å². The first kappa shape index (κ1) is 11.8. The summed E-state index contributed by atoms with van der Waals surface area (Å²) in [6, 6.07) is 1.65. The summed E-state index contributed by atoms with van der Waals surface area (Å²) in [5.74, 6) is -1.06. The molecule has 1 aromatic rings. The van der Waals surface area contributed by atoms with Crippen LogP contribution in [0.1, 0.15) is 11.6 Å². The molecule has 2 rings (SSSR count). The lowest BCUT2D eigenvalue weighted by Crippen LogP contribution is -2.38. The van der Waals surface area contributed by atoms with Gasteiger partial charge < -0.3 is 5.73 Å². The Bertz CT molecular complexity index is 474. The van der Waals surface area contributed by atoms with Crippen LogP contribution < -0.4 is 5.73 Å². The lowest BCUT2D eigenvalue weighted by Gasteiger charge is -2.21. The molecule has 17 heavy (non-hydrogen) atoms. The minimum atomic E-state index is -0.797. The topological polar surface area (TPSA) is 70.2 Å². The van der Waals surface area contributed by atoms with Gasteiger partial charge in [0.1, 0.15) is 11.6 Å². The molecule has 4 nitrogen and oxygen atoms in total. The number of nitrogens with one attached hydrogen (secondary N) is 1. The molecule has 90 valence electrons. The fourth-order valence-electron chi connectivity index (χ4n) is 1.71. The number of carbonyl (C=O) groups is 1. The minimum absolute atomic E-state index is 0.00725. The highest BCUT2D eigenvalue weighted by Gasteiger charge is 2.34. The van der Waals surface area contributed by atoms with E-state index in [1.807, 2.05) is 0 Å². The first-order valence-corrected chi connectivity index (χ1v) is 5.73. The van der Waals surface area contributed by atoms with Gasteiger partial charge in [-0.25, -0.2) is 13.6 Å². The van der Waals surface area contributed by atoms with Gasteiger partial charge >= 0.3 is 6.03 Å². The molecule has 1 aliphatic rings. The molecule has 1 fully saturated rings. The molecule has 2 amide bonds. The molecule has 1 saturated heterocycles. The van der Waals surface area contributed by atoms with Gasteiger partial charge in [0.2, 0.25) is 0 Å². The molecule has 1 heterocycles. The van der Waals surface area contributed by atoms with E-state index in [-0.39, 0.29) is 5.17 Å². The van der Waals surface area contributed by atoms with Crippen LogP contribution in [0, 0.1) is 17.0 Å². The number of amidine groups is 1. The molecule has 0 aliphatic carbocycles. The Labute approximate surface area is 100 Å². The summed E-state index contributed by atoms with van der Waals surface area (Å²) >= 11 is 1.11. The van der Waals surface area contributed by atoms with E-state index in [1.165, 1.54) is 0 Å². The molecule has 0 spiro atoms. The van der Waals surface area contributed by atoms with Crippen molar-refractivity contribution < 1.29 is 13.6 Å². The van der Waals surface area contributed by atoms with Gasteiger partial charge in [-0.1, -0.05) is 11.8 Å². The second kappa shape index (κ2) is 4.33. The van der Waals surface area contributed by atoms with E-state index >= 15 is 0 Å². The van der Waals surface area contributed by atoms with E-state index in [1.54, 1.807) is 0 Å². The van der Waals surface area contributed by atoms with Crippen LogP contribution in [-0.2, 0) is 0 Å². The molecule has 1 unspecified atom stereocenters. The molecule has 7 heteroatoms. The molecule has 0 radical (unpaired) electrons. The van der Waals surface area contributed by atoms with Gasteiger partial charge in [0, 0.05) is 11.8 Å². The van der Waals surface area contributed by atoms with Crippen LogP contribution in [0.25, 0.3) is 0 Å². The van der Waals surface area contributed by atoms with Crippen LogP contribution in [0.2, 0.25) is 0 Å². The lowest BCUT2D eigenvalue weighted by atomic mass is 10.1. The van der Waals surface area contributed by atoms with Gasteiger partial charge in [0.15, 0.2) is 5.17 Å². The molecular weight excluding hydrogens is 248 g/mol. The van der Waals surface area contributed by atoms with Crippen molar-refractivity contribution in [2.75, 3.05) is 5.75 Å². The van der Waals surface area contributed by atoms with Crippen LogP contribution in [0.5, 0.6) is 0 Å². The number of hydrogen-bond acceptors (Lipinski definition) is 3. The average Bonchev–Trinajstić information content (AvgIpc) is 2.58. The number of urea groups is 1. The highest BCUT2D eigenvalue weighted by Crippen LogP contribution is 2.34. The number of nitrogens with two attached hydrogens (primary N) is 1. The molecule has 1 atom stereocenters. The number of primary amides is 1. The standard InChI is InChI=1S/C10H9F2N3OS/c11-6-1-5(2-7(12)3-6)8-4-17-10(14)15(8)9(13)16/h1-3,8,14H,4H2,(H2,13,16). The zero-order valence-corrected chi connectivity index (χ0v) is 9.43. The van der Waals surface area contributed by atoms with Crippen molar-refractivity contribution in [3.8, 4) is 0 Å². The summed E-state index contributed by atoms with van der Waals surface area (Å²) in [7, 11) is 0. The van der Waals surface area contributed by atoms with E-state index < -0.39 is 23.7 Å². The van der Waals surface area contributed by atoms with Gasteiger partial charge in [-0.05, 0) is 17.7 Å². The van der Waals surface area contributed by atoms with Crippen molar-refractivity contribution in [1.82, 2.24) is 4.90 Å². The third-order valence-electron chi connectivity index (χ3n) is 2.42. The van der Waals surface area contributed by atoms with Gasteiger partial charge in [-0.15, -0.1) is 0 Å². The molecule has 3 N–H and O–H groups in total. The number of rotatable bonds is 1. The number of hydrogen-bond donors (Lipinski definition) is 2. The fourth-order valence-corrected chi connectivity index (χ4v) is 2.72. The Morgan fingerprint density at radius 3 is 2.53 bits per heavy atom. The predicted molar refractivity (Wildman–Crippen MR) is 60.7 cm³/mol. The summed E-state index contributed by atoms with van der Waals surface area (Å²) in [6.45, 7) is 0. The Balaban J connectivity index is 2.39. The molecule has 0 aromatic heterocycles. The molecule has 0 bridgehead atoms. The van der Waals surface area contributed by atoms with E-state index in [0.29, 0.717) is 11.3 Å². The largest absolute Gasteiger partial charge is 0.351 e. The SMILES string of the molecule is N=C1SCC(c2cc(F)cc(F)c2)N1C(N)=O. The number of amides is 2. The number of benzene rings is 1. The van der Waals surface area contributed by atoms with Crippen molar-refractivity contribution >= 4 is 23.0 Å². The van der Waals surface area contributed by atoms with E-state index in [2.05, 4.69) is 0 Å². The first-order valence-electron chi connectivity index (χ1n) is 4.75. The second-order valence-corrected chi connectivity index (χ2v) is 4.55. The average molecular weight is 257 g/mol. The van der Waals surface area contributed by atoms with Crippen LogP contribution >= 0.6 is 11.8 Å². The molecular formula is C10H9F2N3OS. The van der Waals surface area contributed by atoms with Gasteiger partial charge in [0.25, 0.3) is 0 Å². The maximum Gasteiger partial charge on any atom is 0.321 e. The number of nitrogens with zero attached hydrogens (tertiary/aromatic N) is 1. The highest BCUT2D eigenvalue weighted by molar-refractivity contribution is 8.14. The van der Waals surface area contributed by atoms with Crippen LogP contribution in [0.4, 0.5) is 13.6 Å². The molecule has 0 saturated carbocycles. The summed E-state index contributed by atoms with van der Waals surface area (Å²) in [5.41, 5.74) is 5.44. The quantitative estimate of drug-likeness (QED) is 0.808. The Hall–Kier alpha value is -1.63. The smallest absolute Gasteiger partial charge is 0.321 e. The zero-order valence-electron chi connectivity index (χ0n) is 8.61. The third-order valence-corrected chi connectivity index (χ3v) is 3.37. The van der Waals surface area contributed by atoms with Gasteiger partial charge in [-0.3, -0.25) is 10.3 Å². The molecule has 1 aromatic carbocycles. The highest BCUT2D eigenvalue weighted by atomic mass is 32.2. The first-order chi connectivity index (χ1) is 7.99. The Morgan fingerprint density at radius 1 is 1.41 bits per heavy atom. The fraction of sp³-hybridized carbons (Fsp3) is 0.200. The summed E-state index contributed by atoms with van der Waals surface area (Å²) in [4.78, 5) is 12.2.